The minimum atomic E-state index is -1.29. The van der Waals surface area contributed by atoms with E-state index in [0.717, 1.165) is 18.8 Å². The zero-order chi connectivity index (χ0) is 19.1. The zero-order valence-corrected chi connectivity index (χ0v) is 16.9. The lowest BCUT2D eigenvalue weighted by atomic mass is 9.91. The van der Waals surface area contributed by atoms with Gasteiger partial charge in [-0.25, -0.2) is 0 Å². The van der Waals surface area contributed by atoms with Gasteiger partial charge < -0.3 is 30.5 Å². The number of nitrogens with one attached hydrogen (secondary N) is 1. The number of rotatable bonds is 5. The van der Waals surface area contributed by atoms with E-state index in [1.54, 1.807) is 0 Å². The minimum absolute atomic E-state index is 0.0887. The molecule has 2 saturated carbocycles. The molecule has 0 radical (unpaired) electrons. The molecule has 0 aromatic heterocycles. The Kier molecular flexibility index (Phi) is 6.60. The quantitative estimate of drug-likeness (QED) is 0.475. The predicted molar refractivity (Wildman–Crippen MR) is 102 cm³/mol. The largest absolute Gasteiger partial charge is 0.394 e. The zero-order valence-electron chi connectivity index (χ0n) is 16.0. The fraction of sp³-hybridized carbons (Fsp3) is 1.00. The fourth-order valence-corrected chi connectivity index (χ4v) is 6.49. The van der Waals surface area contributed by atoms with Crippen LogP contribution >= 0.6 is 11.8 Å². The van der Waals surface area contributed by atoms with Crippen molar-refractivity contribution in [1.82, 2.24) is 5.32 Å². The summed E-state index contributed by atoms with van der Waals surface area (Å²) in [6.07, 6.45) is 1.31. The molecule has 3 fully saturated rings. The number of hydrogen-bond donors (Lipinski definition) is 5. The van der Waals surface area contributed by atoms with Crippen LogP contribution in [0.4, 0.5) is 0 Å². The van der Waals surface area contributed by atoms with Crippen molar-refractivity contribution in [2.75, 3.05) is 6.61 Å². The summed E-state index contributed by atoms with van der Waals surface area (Å²) in [5, 5.41) is 43.8. The number of aliphatic hydroxyl groups is 4. The summed E-state index contributed by atoms with van der Waals surface area (Å²) in [7, 11) is 0. The molecule has 1 aliphatic heterocycles. The number of aliphatic hydroxyl groups excluding tert-OH is 4. The number of hydrogen-bond acceptors (Lipinski definition) is 7. The summed E-state index contributed by atoms with van der Waals surface area (Å²) < 4.78 is 5.70. The highest BCUT2D eigenvalue weighted by molar-refractivity contribution is 8.00. The van der Waals surface area contributed by atoms with Gasteiger partial charge in [0, 0.05) is 17.3 Å². The molecule has 0 aromatic rings. The van der Waals surface area contributed by atoms with E-state index in [1.807, 2.05) is 0 Å². The monoisotopic (exact) mass is 389 g/mol. The maximum atomic E-state index is 10.3. The Hall–Kier alpha value is 0.110. The Bertz CT molecular complexity index is 477. The third kappa shape index (κ3) is 4.40. The third-order valence-electron chi connectivity index (χ3n) is 6.46. The van der Waals surface area contributed by atoms with Gasteiger partial charge in [0.15, 0.2) is 0 Å². The highest BCUT2D eigenvalue weighted by atomic mass is 32.2. The minimum Gasteiger partial charge on any atom is -0.394 e. The van der Waals surface area contributed by atoms with Crippen LogP contribution in [0.3, 0.4) is 0 Å². The van der Waals surface area contributed by atoms with Gasteiger partial charge in [-0.15, -0.1) is 11.8 Å². The molecule has 0 aromatic carbocycles. The topological polar surface area (TPSA) is 102 Å². The maximum absolute atomic E-state index is 10.3. The average Bonchev–Trinajstić information content (AvgIpc) is 3.10. The Labute approximate surface area is 160 Å². The molecule has 9 atom stereocenters. The Morgan fingerprint density at radius 3 is 2.38 bits per heavy atom. The van der Waals surface area contributed by atoms with E-state index >= 15 is 0 Å². The molecule has 26 heavy (non-hydrogen) atoms. The van der Waals surface area contributed by atoms with Crippen molar-refractivity contribution in [1.29, 1.82) is 0 Å². The lowest BCUT2D eigenvalue weighted by Crippen LogP contribution is -2.58. The Morgan fingerprint density at radius 2 is 1.77 bits per heavy atom. The van der Waals surface area contributed by atoms with Gasteiger partial charge in [-0.3, -0.25) is 0 Å². The molecule has 0 bridgehead atoms. The molecule has 2 aliphatic carbocycles. The van der Waals surface area contributed by atoms with Gasteiger partial charge in [0.25, 0.3) is 0 Å². The van der Waals surface area contributed by atoms with E-state index in [0.29, 0.717) is 12.1 Å². The van der Waals surface area contributed by atoms with Crippen molar-refractivity contribution in [2.45, 2.75) is 100 Å². The van der Waals surface area contributed by atoms with Gasteiger partial charge in [0.2, 0.25) is 0 Å². The standard InChI is InChI=1S/C19H35NO5S/c1-10-4-5-11(6-10)20-12-7-14(19(2,3)8-12)26-18-17(24)16(23)15(22)13(9-21)25-18/h10-18,20-24H,4-9H2,1-3H3/t10?,11?,12?,13-,14?,15+,16+,17-,18+/m1/s1. The van der Waals surface area contributed by atoms with E-state index < -0.39 is 29.9 Å². The second-order valence-corrected chi connectivity index (χ2v) is 10.5. The van der Waals surface area contributed by atoms with Crippen LogP contribution in [-0.4, -0.2) is 74.2 Å². The second kappa shape index (κ2) is 8.23. The normalized spacial score (nSPS) is 48.8. The van der Waals surface area contributed by atoms with E-state index in [4.69, 9.17) is 4.74 Å². The molecule has 1 heterocycles. The SMILES string of the molecule is CC1CCC(NC2CC(S[C@@H]3O[C@H](CO)[C@H](O)[C@H](O)[C@H]3O)C(C)(C)C2)C1. The highest BCUT2D eigenvalue weighted by Crippen LogP contribution is 2.48. The first kappa shape index (κ1) is 20.8. The van der Waals surface area contributed by atoms with Crippen LogP contribution in [0.2, 0.25) is 0 Å². The first-order valence-electron chi connectivity index (χ1n) is 9.93. The van der Waals surface area contributed by atoms with Crippen molar-refractivity contribution in [2.24, 2.45) is 11.3 Å². The molecule has 6 nitrogen and oxygen atoms in total. The number of thioether (sulfide) groups is 1. The van der Waals surface area contributed by atoms with Gasteiger partial charge >= 0.3 is 0 Å². The lowest BCUT2D eigenvalue weighted by Gasteiger charge is -2.41. The van der Waals surface area contributed by atoms with E-state index in [1.165, 1.54) is 31.0 Å². The summed E-state index contributed by atoms with van der Waals surface area (Å²) >= 11 is 1.54. The first-order valence-corrected chi connectivity index (χ1v) is 10.9. The van der Waals surface area contributed by atoms with Crippen molar-refractivity contribution >= 4 is 11.8 Å². The van der Waals surface area contributed by atoms with Crippen LogP contribution in [0.25, 0.3) is 0 Å². The molecule has 1 saturated heterocycles. The van der Waals surface area contributed by atoms with Gasteiger partial charge in [-0.05, 0) is 43.4 Å². The smallest absolute Gasteiger partial charge is 0.132 e. The molecule has 3 aliphatic rings. The van der Waals surface area contributed by atoms with Crippen molar-refractivity contribution < 1.29 is 25.2 Å². The maximum Gasteiger partial charge on any atom is 0.132 e. The van der Waals surface area contributed by atoms with Gasteiger partial charge in [0.1, 0.15) is 29.9 Å². The lowest BCUT2D eigenvalue weighted by molar-refractivity contribution is -0.205. The van der Waals surface area contributed by atoms with E-state index in [2.05, 4.69) is 26.1 Å². The van der Waals surface area contributed by atoms with Gasteiger partial charge in [-0.1, -0.05) is 20.8 Å². The fourth-order valence-electron chi connectivity index (χ4n) is 4.83. The Morgan fingerprint density at radius 1 is 1.04 bits per heavy atom. The molecule has 7 heteroatoms. The van der Waals surface area contributed by atoms with E-state index in [9.17, 15) is 20.4 Å². The molecule has 0 spiro atoms. The molecular formula is C19H35NO5S. The van der Waals surface area contributed by atoms with Gasteiger partial charge in [0.05, 0.1) is 6.61 Å². The summed E-state index contributed by atoms with van der Waals surface area (Å²) in [5.41, 5.74) is -0.550. The summed E-state index contributed by atoms with van der Waals surface area (Å²) in [4.78, 5) is 0. The van der Waals surface area contributed by atoms with Crippen LogP contribution in [0.5, 0.6) is 0 Å². The summed E-state index contributed by atoms with van der Waals surface area (Å²) in [5.74, 6) is 0.807. The Balaban J connectivity index is 1.59. The van der Waals surface area contributed by atoms with Crippen molar-refractivity contribution in [3.63, 3.8) is 0 Å². The van der Waals surface area contributed by atoms with Gasteiger partial charge in [-0.2, -0.15) is 0 Å². The second-order valence-electron chi connectivity index (χ2n) is 9.23. The predicted octanol–water partition coefficient (Wildman–Crippen LogP) is 0.855. The third-order valence-corrected chi connectivity index (χ3v) is 8.27. The van der Waals surface area contributed by atoms with Crippen LogP contribution in [-0.2, 0) is 4.74 Å². The molecule has 5 N–H and O–H groups in total. The van der Waals surface area contributed by atoms with Crippen LogP contribution in [0.15, 0.2) is 0 Å². The first-order chi connectivity index (χ1) is 12.2. The average molecular weight is 390 g/mol. The van der Waals surface area contributed by atoms with Crippen LogP contribution in [0.1, 0.15) is 52.9 Å². The molecule has 4 unspecified atom stereocenters. The molecule has 3 rings (SSSR count). The number of ether oxygens (including phenoxy) is 1. The summed E-state index contributed by atoms with van der Waals surface area (Å²) in [6, 6.07) is 1.07. The summed E-state index contributed by atoms with van der Waals surface area (Å²) in [6.45, 7) is 6.43. The molecule has 152 valence electrons. The molecule has 0 amide bonds. The van der Waals surface area contributed by atoms with Crippen molar-refractivity contribution in [3.8, 4) is 0 Å². The highest BCUT2D eigenvalue weighted by Gasteiger charge is 2.48. The van der Waals surface area contributed by atoms with E-state index in [-0.39, 0.29) is 17.3 Å². The van der Waals surface area contributed by atoms with Crippen molar-refractivity contribution in [3.05, 3.63) is 0 Å². The van der Waals surface area contributed by atoms with Crippen LogP contribution in [0, 0.1) is 11.3 Å². The van der Waals surface area contributed by atoms with Crippen LogP contribution < -0.4 is 5.32 Å². The molecular weight excluding hydrogens is 354 g/mol.